The van der Waals surface area contributed by atoms with Gasteiger partial charge in [-0.05, 0) is 37.1 Å². The molecule has 2 aromatic carbocycles. The van der Waals surface area contributed by atoms with Crippen LogP contribution in [0.15, 0.2) is 52.9 Å². The molecule has 1 saturated heterocycles. The molecule has 0 spiro atoms. The second-order valence-electron chi connectivity index (χ2n) is 6.39. The van der Waals surface area contributed by atoms with Gasteiger partial charge in [0.15, 0.2) is 11.5 Å². The number of nitrogens with zero attached hydrogens (tertiary/aromatic N) is 3. The fraction of sp³-hybridized carbons (Fsp3) is 0.263. The number of oxazole rings is 1. The molecule has 7 heteroatoms. The fourth-order valence-electron chi connectivity index (χ4n) is 3.30. The summed E-state index contributed by atoms with van der Waals surface area (Å²) in [5, 5.41) is 10.7. The van der Waals surface area contributed by atoms with Gasteiger partial charge in [-0.1, -0.05) is 12.1 Å². The Morgan fingerprint density at radius 1 is 1.12 bits per heavy atom. The van der Waals surface area contributed by atoms with E-state index in [1.54, 1.807) is 4.90 Å². The van der Waals surface area contributed by atoms with E-state index in [1.165, 1.54) is 24.3 Å². The summed E-state index contributed by atoms with van der Waals surface area (Å²) in [4.78, 5) is 29.2. The average molecular weight is 351 g/mol. The van der Waals surface area contributed by atoms with Crippen molar-refractivity contribution in [2.45, 2.75) is 18.8 Å². The number of carbonyl (C=O) groups is 1. The van der Waals surface area contributed by atoms with Gasteiger partial charge in [0.05, 0.1) is 4.92 Å². The Hall–Kier alpha value is -3.22. The van der Waals surface area contributed by atoms with Gasteiger partial charge < -0.3 is 9.32 Å². The van der Waals surface area contributed by atoms with Crippen LogP contribution in [0, 0.1) is 10.1 Å². The maximum Gasteiger partial charge on any atom is 0.269 e. The molecular weight excluding hydrogens is 334 g/mol. The lowest BCUT2D eigenvalue weighted by Crippen LogP contribution is -2.37. The zero-order valence-electron chi connectivity index (χ0n) is 14.0. The zero-order chi connectivity index (χ0) is 18.1. The first-order valence-electron chi connectivity index (χ1n) is 8.51. The van der Waals surface area contributed by atoms with Crippen molar-refractivity contribution < 1.29 is 14.1 Å². The molecule has 0 saturated carbocycles. The molecule has 0 radical (unpaired) electrons. The number of nitro benzene ring substituents is 1. The molecule has 1 amide bonds. The van der Waals surface area contributed by atoms with Gasteiger partial charge in [-0.15, -0.1) is 0 Å². The summed E-state index contributed by atoms with van der Waals surface area (Å²) in [5.41, 5.74) is 2.09. The number of hydrogen-bond acceptors (Lipinski definition) is 5. The molecule has 0 bridgehead atoms. The van der Waals surface area contributed by atoms with E-state index >= 15 is 0 Å². The standard InChI is InChI=1S/C19H17N3O4/c23-19(14-5-7-15(8-6-14)22(24)25)21-11-9-13(10-12-21)18-20-16-3-1-2-4-17(16)26-18/h1-8,13H,9-12H2. The number of para-hydroxylation sites is 2. The van der Waals surface area contributed by atoms with E-state index in [4.69, 9.17) is 4.42 Å². The van der Waals surface area contributed by atoms with Crippen LogP contribution in [0.1, 0.15) is 35.0 Å². The number of benzene rings is 2. The highest BCUT2D eigenvalue weighted by atomic mass is 16.6. The largest absolute Gasteiger partial charge is 0.440 e. The number of piperidine rings is 1. The molecule has 1 aliphatic rings. The molecule has 0 N–H and O–H groups in total. The maximum atomic E-state index is 12.6. The van der Waals surface area contributed by atoms with E-state index in [2.05, 4.69) is 4.98 Å². The van der Waals surface area contributed by atoms with Gasteiger partial charge in [-0.2, -0.15) is 0 Å². The van der Waals surface area contributed by atoms with Crippen molar-refractivity contribution in [3.8, 4) is 0 Å². The summed E-state index contributed by atoms with van der Waals surface area (Å²) in [6.07, 6.45) is 1.57. The SMILES string of the molecule is O=C(c1ccc([N+](=O)[O-])cc1)N1CCC(c2nc3ccccc3o2)CC1. The van der Waals surface area contributed by atoms with Crippen LogP contribution in [0.5, 0.6) is 0 Å². The Kier molecular flexibility index (Phi) is 4.12. The van der Waals surface area contributed by atoms with Crippen molar-refractivity contribution >= 4 is 22.7 Å². The molecule has 0 unspecified atom stereocenters. The van der Waals surface area contributed by atoms with Crippen LogP contribution in [-0.4, -0.2) is 33.8 Å². The number of amides is 1. The number of nitro groups is 1. The van der Waals surface area contributed by atoms with Gasteiger partial charge in [-0.3, -0.25) is 14.9 Å². The van der Waals surface area contributed by atoms with Gasteiger partial charge in [0.1, 0.15) is 5.52 Å². The van der Waals surface area contributed by atoms with Crippen LogP contribution in [-0.2, 0) is 0 Å². The minimum atomic E-state index is -0.472. The Labute approximate surface area is 149 Å². The lowest BCUT2D eigenvalue weighted by atomic mass is 9.96. The third-order valence-electron chi connectivity index (χ3n) is 4.77. The van der Waals surface area contributed by atoms with E-state index in [0.29, 0.717) is 18.7 Å². The predicted octanol–water partition coefficient (Wildman–Crippen LogP) is 3.76. The van der Waals surface area contributed by atoms with Gasteiger partial charge in [0.25, 0.3) is 11.6 Å². The highest BCUT2D eigenvalue weighted by Crippen LogP contribution is 2.30. The molecule has 26 heavy (non-hydrogen) atoms. The zero-order valence-corrected chi connectivity index (χ0v) is 14.0. The molecule has 1 aliphatic heterocycles. The highest BCUT2D eigenvalue weighted by molar-refractivity contribution is 5.94. The van der Waals surface area contributed by atoms with Crippen molar-refractivity contribution in [2.75, 3.05) is 13.1 Å². The Balaban J connectivity index is 1.42. The second-order valence-corrected chi connectivity index (χ2v) is 6.39. The van der Waals surface area contributed by atoms with Crippen LogP contribution in [0.4, 0.5) is 5.69 Å². The minimum absolute atomic E-state index is 0.0174. The van der Waals surface area contributed by atoms with Crippen molar-refractivity contribution in [1.29, 1.82) is 0 Å². The normalized spacial score (nSPS) is 15.3. The quantitative estimate of drug-likeness (QED) is 0.529. The Morgan fingerprint density at radius 3 is 2.46 bits per heavy atom. The third kappa shape index (κ3) is 3.03. The molecule has 7 nitrogen and oxygen atoms in total. The summed E-state index contributed by atoms with van der Waals surface area (Å²) in [7, 11) is 0. The number of hydrogen-bond donors (Lipinski definition) is 0. The first kappa shape index (κ1) is 16.3. The van der Waals surface area contributed by atoms with Crippen molar-refractivity contribution in [3.05, 3.63) is 70.1 Å². The highest BCUT2D eigenvalue weighted by Gasteiger charge is 2.27. The lowest BCUT2D eigenvalue weighted by molar-refractivity contribution is -0.384. The first-order valence-corrected chi connectivity index (χ1v) is 8.51. The number of aromatic nitrogens is 1. The number of non-ortho nitro benzene ring substituents is 1. The molecule has 0 aliphatic carbocycles. The van der Waals surface area contributed by atoms with Crippen LogP contribution < -0.4 is 0 Å². The second kappa shape index (κ2) is 6.59. The van der Waals surface area contributed by atoms with Crippen LogP contribution in [0.2, 0.25) is 0 Å². The fourth-order valence-corrected chi connectivity index (χ4v) is 3.30. The summed E-state index contributed by atoms with van der Waals surface area (Å²) in [5.74, 6) is 0.827. The van der Waals surface area contributed by atoms with E-state index in [-0.39, 0.29) is 17.5 Å². The van der Waals surface area contributed by atoms with Crippen molar-refractivity contribution in [3.63, 3.8) is 0 Å². The summed E-state index contributed by atoms with van der Waals surface area (Å²) < 4.78 is 5.85. The topological polar surface area (TPSA) is 89.5 Å². The molecule has 132 valence electrons. The summed E-state index contributed by atoms with van der Waals surface area (Å²) >= 11 is 0. The predicted molar refractivity (Wildman–Crippen MR) is 95.0 cm³/mol. The number of rotatable bonds is 3. The smallest absolute Gasteiger partial charge is 0.269 e. The monoisotopic (exact) mass is 351 g/mol. The average Bonchev–Trinajstić information content (AvgIpc) is 3.12. The minimum Gasteiger partial charge on any atom is -0.440 e. The number of fused-ring (bicyclic) bond motifs is 1. The van der Waals surface area contributed by atoms with Crippen LogP contribution in [0.25, 0.3) is 11.1 Å². The van der Waals surface area contributed by atoms with E-state index in [9.17, 15) is 14.9 Å². The Bertz CT molecular complexity index is 923. The molecular formula is C19H17N3O4. The Morgan fingerprint density at radius 2 is 1.81 bits per heavy atom. The van der Waals surface area contributed by atoms with Gasteiger partial charge in [0.2, 0.25) is 0 Å². The lowest BCUT2D eigenvalue weighted by Gasteiger charge is -2.30. The van der Waals surface area contributed by atoms with E-state index in [0.717, 1.165) is 29.8 Å². The van der Waals surface area contributed by atoms with Gasteiger partial charge >= 0.3 is 0 Å². The molecule has 2 heterocycles. The first-order chi connectivity index (χ1) is 12.6. The van der Waals surface area contributed by atoms with Gasteiger partial charge in [0, 0.05) is 36.7 Å². The number of carbonyl (C=O) groups excluding carboxylic acids is 1. The van der Waals surface area contributed by atoms with Crippen molar-refractivity contribution in [2.24, 2.45) is 0 Å². The third-order valence-corrected chi connectivity index (χ3v) is 4.77. The molecule has 3 aromatic rings. The van der Waals surface area contributed by atoms with Crippen molar-refractivity contribution in [1.82, 2.24) is 9.88 Å². The molecule has 4 rings (SSSR count). The van der Waals surface area contributed by atoms with E-state index < -0.39 is 4.92 Å². The number of likely N-dealkylation sites (tertiary alicyclic amines) is 1. The molecule has 1 fully saturated rings. The van der Waals surface area contributed by atoms with Gasteiger partial charge in [-0.25, -0.2) is 4.98 Å². The summed E-state index contributed by atoms with van der Waals surface area (Å²) in [6.45, 7) is 1.22. The van der Waals surface area contributed by atoms with Crippen LogP contribution in [0.3, 0.4) is 0 Å². The maximum absolute atomic E-state index is 12.6. The molecule has 1 aromatic heterocycles. The van der Waals surface area contributed by atoms with E-state index in [1.807, 2.05) is 24.3 Å². The van der Waals surface area contributed by atoms with Crippen LogP contribution >= 0.6 is 0 Å². The molecule has 0 atom stereocenters. The summed E-state index contributed by atoms with van der Waals surface area (Å²) in [6, 6.07) is 13.4.